The molecule has 0 aromatic carbocycles. The molecule has 0 N–H and O–H groups in total. The molecule has 1 heterocycles. The van der Waals surface area contributed by atoms with E-state index in [-0.39, 0.29) is 11.9 Å². The molecule has 4 nitrogen and oxygen atoms in total. The first-order valence-electron chi connectivity index (χ1n) is 6.63. The first kappa shape index (κ1) is 13.1. The molecule has 2 rings (SSSR count). The largest absolute Gasteiger partial charge is 0.468 e. The van der Waals surface area contributed by atoms with Gasteiger partial charge in [0.25, 0.3) is 0 Å². The molecular weight excluding hydrogens is 230 g/mol. The van der Waals surface area contributed by atoms with Crippen LogP contribution in [0.4, 0.5) is 0 Å². The second kappa shape index (κ2) is 6.05. The van der Waals surface area contributed by atoms with Crippen LogP contribution < -0.4 is 0 Å². The van der Waals surface area contributed by atoms with E-state index in [1.54, 1.807) is 6.26 Å². The Labute approximate surface area is 108 Å². The summed E-state index contributed by atoms with van der Waals surface area (Å²) in [4.78, 5) is 14.0. The summed E-state index contributed by atoms with van der Waals surface area (Å²) < 4.78 is 10.4. The third-order valence-electron chi connectivity index (χ3n) is 3.20. The van der Waals surface area contributed by atoms with Crippen molar-refractivity contribution in [3.05, 3.63) is 24.2 Å². The van der Waals surface area contributed by atoms with Crippen LogP contribution in [0.3, 0.4) is 0 Å². The zero-order valence-corrected chi connectivity index (χ0v) is 11.1. The van der Waals surface area contributed by atoms with Crippen LogP contribution in [0, 0.1) is 5.92 Å². The number of nitrogens with zero attached hydrogens (tertiary/aromatic N) is 1. The van der Waals surface area contributed by atoms with Gasteiger partial charge in [0.2, 0.25) is 0 Å². The maximum absolute atomic E-state index is 11.7. The van der Waals surface area contributed by atoms with Gasteiger partial charge in [0.15, 0.2) is 0 Å². The molecule has 0 saturated heterocycles. The molecule has 1 saturated carbocycles. The van der Waals surface area contributed by atoms with E-state index in [9.17, 15) is 4.79 Å². The summed E-state index contributed by atoms with van der Waals surface area (Å²) in [6.45, 7) is 5.73. The molecule has 1 aromatic heterocycles. The van der Waals surface area contributed by atoms with Crippen molar-refractivity contribution in [2.75, 3.05) is 13.2 Å². The third kappa shape index (κ3) is 3.60. The van der Waals surface area contributed by atoms with Gasteiger partial charge in [-0.05, 0) is 31.9 Å². The van der Waals surface area contributed by atoms with Crippen LogP contribution in [-0.2, 0) is 16.1 Å². The van der Waals surface area contributed by atoms with Gasteiger partial charge < -0.3 is 9.15 Å². The molecule has 1 aliphatic carbocycles. The summed E-state index contributed by atoms with van der Waals surface area (Å²) in [6.07, 6.45) is 4.13. The Morgan fingerprint density at radius 1 is 1.61 bits per heavy atom. The standard InChI is InChI=1S/C14H21NO3/c1-3-17-14(16)11(2)9-15(12-6-7-12)10-13-5-4-8-18-13/h4-5,8,11-12H,3,6-7,9-10H2,1-2H3. The van der Waals surface area contributed by atoms with Gasteiger partial charge in [0.1, 0.15) is 5.76 Å². The molecule has 1 atom stereocenters. The average Bonchev–Trinajstić information content (AvgIpc) is 3.07. The number of ether oxygens (including phenoxy) is 1. The summed E-state index contributed by atoms with van der Waals surface area (Å²) in [6, 6.07) is 4.48. The topological polar surface area (TPSA) is 42.7 Å². The van der Waals surface area contributed by atoms with Crippen LogP contribution in [0.5, 0.6) is 0 Å². The summed E-state index contributed by atoms with van der Waals surface area (Å²) in [5, 5.41) is 0. The third-order valence-corrected chi connectivity index (χ3v) is 3.20. The monoisotopic (exact) mass is 251 g/mol. The fourth-order valence-electron chi connectivity index (χ4n) is 2.10. The minimum absolute atomic E-state index is 0.0829. The number of rotatable bonds is 7. The fraction of sp³-hybridized carbons (Fsp3) is 0.643. The normalized spacial score (nSPS) is 16.8. The Morgan fingerprint density at radius 2 is 2.39 bits per heavy atom. The Morgan fingerprint density at radius 3 is 2.94 bits per heavy atom. The van der Waals surface area contributed by atoms with Crippen molar-refractivity contribution >= 4 is 5.97 Å². The van der Waals surface area contributed by atoms with E-state index in [1.807, 2.05) is 26.0 Å². The number of carbonyl (C=O) groups is 1. The first-order valence-corrected chi connectivity index (χ1v) is 6.63. The zero-order valence-electron chi connectivity index (χ0n) is 11.1. The highest BCUT2D eigenvalue weighted by Crippen LogP contribution is 2.29. The lowest BCUT2D eigenvalue weighted by Gasteiger charge is -2.23. The number of furan rings is 1. The van der Waals surface area contributed by atoms with Gasteiger partial charge in [-0.1, -0.05) is 6.92 Å². The van der Waals surface area contributed by atoms with Gasteiger partial charge in [-0.3, -0.25) is 9.69 Å². The molecule has 1 aromatic rings. The second-order valence-corrected chi connectivity index (χ2v) is 4.89. The van der Waals surface area contributed by atoms with E-state index in [2.05, 4.69) is 4.90 Å². The van der Waals surface area contributed by atoms with Crippen molar-refractivity contribution in [1.29, 1.82) is 0 Å². The van der Waals surface area contributed by atoms with E-state index < -0.39 is 0 Å². The number of hydrogen-bond acceptors (Lipinski definition) is 4. The van der Waals surface area contributed by atoms with Gasteiger partial charge in [-0.25, -0.2) is 0 Å². The smallest absolute Gasteiger partial charge is 0.309 e. The van der Waals surface area contributed by atoms with E-state index in [0.29, 0.717) is 12.6 Å². The summed E-state index contributed by atoms with van der Waals surface area (Å²) in [5.74, 6) is 0.765. The molecule has 1 fully saturated rings. The van der Waals surface area contributed by atoms with Gasteiger partial charge >= 0.3 is 5.97 Å². The van der Waals surface area contributed by atoms with Crippen LogP contribution in [0.25, 0.3) is 0 Å². The predicted molar refractivity (Wildman–Crippen MR) is 67.9 cm³/mol. The average molecular weight is 251 g/mol. The van der Waals surface area contributed by atoms with Crippen LogP contribution in [0.15, 0.2) is 22.8 Å². The lowest BCUT2D eigenvalue weighted by atomic mass is 10.1. The minimum atomic E-state index is -0.109. The minimum Gasteiger partial charge on any atom is -0.468 e. The van der Waals surface area contributed by atoms with Gasteiger partial charge in [-0.15, -0.1) is 0 Å². The van der Waals surface area contributed by atoms with Crippen LogP contribution in [0.1, 0.15) is 32.4 Å². The summed E-state index contributed by atoms with van der Waals surface area (Å²) in [7, 11) is 0. The van der Waals surface area contributed by atoms with Crippen molar-refractivity contribution in [2.24, 2.45) is 5.92 Å². The lowest BCUT2D eigenvalue weighted by molar-refractivity contribution is -0.148. The molecule has 0 radical (unpaired) electrons. The Hall–Kier alpha value is -1.29. The lowest BCUT2D eigenvalue weighted by Crippen LogP contribution is -2.33. The number of carbonyl (C=O) groups excluding carboxylic acids is 1. The maximum atomic E-state index is 11.7. The van der Waals surface area contributed by atoms with E-state index in [1.165, 1.54) is 12.8 Å². The highest BCUT2D eigenvalue weighted by Gasteiger charge is 2.31. The van der Waals surface area contributed by atoms with Gasteiger partial charge in [0.05, 0.1) is 25.3 Å². The Balaban J connectivity index is 1.88. The molecule has 0 bridgehead atoms. The molecule has 0 amide bonds. The fourth-order valence-corrected chi connectivity index (χ4v) is 2.10. The van der Waals surface area contributed by atoms with Gasteiger partial charge in [-0.2, -0.15) is 0 Å². The highest BCUT2D eigenvalue weighted by molar-refractivity contribution is 5.72. The van der Waals surface area contributed by atoms with Crippen molar-refractivity contribution < 1.29 is 13.9 Å². The Bertz CT molecular complexity index is 370. The zero-order chi connectivity index (χ0) is 13.0. The number of esters is 1. The first-order chi connectivity index (χ1) is 8.70. The summed E-state index contributed by atoms with van der Waals surface area (Å²) >= 11 is 0. The summed E-state index contributed by atoms with van der Waals surface area (Å²) in [5.41, 5.74) is 0. The molecular formula is C14H21NO3. The van der Waals surface area contributed by atoms with Crippen molar-refractivity contribution in [1.82, 2.24) is 4.90 Å². The molecule has 1 unspecified atom stereocenters. The predicted octanol–water partition coefficient (Wildman–Crippen LogP) is 2.44. The van der Waals surface area contributed by atoms with Crippen LogP contribution >= 0.6 is 0 Å². The maximum Gasteiger partial charge on any atom is 0.309 e. The second-order valence-electron chi connectivity index (χ2n) is 4.89. The molecule has 4 heteroatoms. The van der Waals surface area contributed by atoms with E-state index in [0.717, 1.165) is 18.8 Å². The highest BCUT2D eigenvalue weighted by atomic mass is 16.5. The molecule has 100 valence electrons. The van der Waals surface area contributed by atoms with Crippen molar-refractivity contribution in [3.8, 4) is 0 Å². The van der Waals surface area contributed by atoms with Gasteiger partial charge in [0, 0.05) is 12.6 Å². The Kier molecular flexibility index (Phi) is 4.42. The van der Waals surface area contributed by atoms with Crippen LogP contribution in [-0.4, -0.2) is 30.1 Å². The number of hydrogen-bond donors (Lipinski definition) is 0. The quantitative estimate of drug-likeness (QED) is 0.698. The molecule has 18 heavy (non-hydrogen) atoms. The molecule has 0 aliphatic heterocycles. The van der Waals surface area contributed by atoms with Crippen molar-refractivity contribution in [2.45, 2.75) is 39.3 Å². The van der Waals surface area contributed by atoms with Crippen molar-refractivity contribution in [3.63, 3.8) is 0 Å². The molecule has 0 spiro atoms. The van der Waals surface area contributed by atoms with Crippen LogP contribution in [0.2, 0.25) is 0 Å². The van der Waals surface area contributed by atoms with E-state index >= 15 is 0 Å². The van der Waals surface area contributed by atoms with E-state index in [4.69, 9.17) is 9.15 Å². The molecule has 1 aliphatic rings. The SMILES string of the molecule is CCOC(=O)C(C)CN(Cc1ccco1)C1CC1.